The summed E-state index contributed by atoms with van der Waals surface area (Å²) >= 11 is 5.15. The zero-order valence-electron chi connectivity index (χ0n) is 15.7. The second-order valence-corrected chi connectivity index (χ2v) is 6.90. The number of carboxylic acid groups (broad SMARTS) is 1. The molecule has 0 spiro atoms. The molecule has 1 saturated heterocycles. The van der Waals surface area contributed by atoms with Crippen LogP contribution in [0.4, 0.5) is 5.69 Å². The number of benzene rings is 2. The highest BCUT2D eigenvalue weighted by atomic mass is 32.1. The Morgan fingerprint density at radius 2 is 1.90 bits per heavy atom. The molecule has 0 bridgehead atoms. The third-order valence-corrected chi connectivity index (χ3v) is 4.32. The van der Waals surface area contributed by atoms with Crippen molar-refractivity contribution in [1.29, 1.82) is 0 Å². The number of carbonyl (C=O) groups excluding carboxylic acids is 2. The van der Waals surface area contributed by atoms with Gasteiger partial charge in [0.1, 0.15) is 11.3 Å². The summed E-state index contributed by atoms with van der Waals surface area (Å²) in [5.41, 5.74) is 0.666. The summed E-state index contributed by atoms with van der Waals surface area (Å²) in [6, 6.07) is 12.8. The van der Waals surface area contributed by atoms with Crippen molar-refractivity contribution in [1.82, 2.24) is 5.32 Å². The number of carbonyl (C=O) groups is 3. The number of thiocarbonyl (C=S) groups is 1. The minimum atomic E-state index is -1.14. The van der Waals surface area contributed by atoms with Gasteiger partial charge in [-0.3, -0.25) is 19.8 Å². The van der Waals surface area contributed by atoms with Crippen LogP contribution < -0.4 is 15.0 Å². The highest BCUT2D eigenvalue weighted by Gasteiger charge is 2.35. The van der Waals surface area contributed by atoms with Crippen LogP contribution in [0.2, 0.25) is 0 Å². The van der Waals surface area contributed by atoms with E-state index >= 15 is 0 Å². The molecular formula is C21H18N2O5S. The van der Waals surface area contributed by atoms with Crippen molar-refractivity contribution in [3.63, 3.8) is 0 Å². The van der Waals surface area contributed by atoms with E-state index < -0.39 is 17.8 Å². The quantitative estimate of drug-likeness (QED) is 0.447. The van der Waals surface area contributed by atoms with Gasteiger partial charge in [0.05, 0.1) is 17.4 Å². The number of nitrogens with one attached hydrogen (secondary N) is 1. The first-order valence-corrected chi connectivity index (χ1v) is 9.19. The molecule has 29 heavy (non-hydrogen) atoms. The average Bonchev–Trinajstić information content (AvgIpc) is 2.66. The maximum atomic E-state index is 13.1. The number of ether oxygens (including phenoxy) is 1. The summed E-state index contributed by atoms with van der Waals surface area (Å²) in [7, 11) is 0. The minimum Gasteiger partial charge on any atom is -0.490 e. The van der Waals surface area contributed by atoms with Gasteiger partial charge in [0.25, 0.3) is 11.8 Å². The van der Waals surface area contributed by atoms with Gasteiger partial charge in [-0.1, -0.05) is 24.3 Å². The lowest BCUT2D eigenvalue weighted by Crippen LogP contribution is -2.54. The molecule has 2 N–H and O–H groups in total. The molecule has 3 rings (SSSR count). The van der Waals surface area contributed by atoms with E-state index in [0.29, 0.717) is 11.3 Å². The zero-order chi connectivity index (χ0) is 21.1. The van der Waals surface area contributed by atoms with Gasteiger partial charge < -0.3 is 9.84 Å². The fourth-order valence-corrected chi connectivity index (χ4v) is 3.07. The number of hydrogen-bond donors (Lipinski definition) is 2. The Balaban J connectivity index is 2.03. The number of aromatic carboxylic acids is 1. The van der Waals surface area contributed by atoms with Crippen LogP contribution in [-0.4, -0.2) is 34.1 Å². The molecule has 148 valence electrons. The number of rotatable bonds is 5. The van der Waals surface area contributed by atoms with Crippen molar-refractivity contribution in [3.05, 3.63) is 65.2 Å². The molecule has 2 aromatic carbocycles. The Morgan fingerprint density at radius 1 is 1.17 bits per heavy atom. The normalized spacial score (nSPS) is 15.6. The maximum absolute atomic E-state index is 13.1. The van der Waals surface area contributed by atoms with Gasteiger partial charge in [-0.25, -0.2) is 4.79 Å². The molecule has 1 fully saturated rings. The number of anilines is 1. The van der Waals surface area contributed by atoms with E-state index in [1.807, 2.05) is 13.8 Å². The molecule has 0 unspecified atom stereocenters. The van der Waals surface area contributed by atoms with E-state index in [-0.39, 0.29) is 28.0 Å². The van der Waals surface area contributed by atoms with Crippen LogP contribution >= 0.6 is 12.2 Å². The molecule has 0 atom stereocenters. The predicted molar refractivity (Wildman–Crippen MR) is 112 cm³/mol. The Morgan fingerprint density at radius 3 is 2.59 bits per heavy atom. The fraction of sp³-hybridized carbons (Fsp3) is 0.143. The van der Waals surface area contributed by atoms with Crippen molar-refractivity contribution < 1.29 is 24.2 Å². The van der Waals surface area contributed by atoms with Crippen LogP contribution in [0.15, 0.2) is 54.1 Å². The topological polar surface area (TPSA) is 95.9 Å². The Hall–Kier alpha value is -3.52. The second-order valence-electron chi connectivity index (χ2n) is 6.52. The number of carboxylic acids is 1. The molecule has 0 aliphatic carbocycles. The van der Waals surface area contributed by atoms with Gasteiger partial charge in [0, 0.05) is 5.56 Å². The lowest BCUT2D eigenvalue weighted by atomic mass is 10.1. The van der Waals surface area contributed by atoms with Crippen LogP contribution in [0.3, 0.4) is 0 Å². The van der Waals surface area contributed by atoms with Crippen molar-refractivity contribution >= 4 is 46.9 Å². The van der Waals surface area contributed by atoms with Gasteiger partial charge in [0.15, 0.2) is 5.11 Å². The Bertz CT molecular complexity index is 1040. The van der Waals surface area contributed by atoms with Crippen molar-refractivity contribution in [2.24, 2.45) is 0 Å². The SMILES string of the molecule is CC(C)Oc1ccccc1C=C1C(=O)NC(=S)N(c2cccc(C(=O)O)c2)C1=O. The number of hydrogen-bond acceptors (Lipinski definition) is 5. The lowest BCUT2D eigenvalue weighted by molar-refractivity contribution is -0.122. The highest BCUT2D eigenvalue weighted by Crippen LogP contribution is 2.26. The lowest BCUT2D eigenvalue weighted by Gasteiger charge is -2.29. The Kier molecular flexibility index (Phi) is 5.74. The molecule has 0 saturated carbocycles. The van der Waals surface area contributed by atoms with Crippen molar-refractivity contribution in [2.45, 2.75) is 20.0 Å². The first kappa shape index (κ1) is 20.2. The first-order chi connectivity index (χ1) is 13.8. The van der Waals surface area contributed by atoms with E-state index in [0.717, 1.165) is 4.90 Å². The summed E-state index contributed by atoms with van der Waals surface area (Å²) < 4.78 is 5.74. The van der Waals surface area contributed by atoms with E-state index in [4.69, 9.17) is 17.0 Å². The Labute approximate surface area is 172 Å². The molecule has 1 aliphatic heterocycles. The van der Waals surface area contributed by atoms with Gasteiger partial charge in [-0.2, -0.15) is 0 Å². The molecule has 7 nitrogen and oxygen atoms in total. The third-order valence-electron chi connectivity index (χ3n) is 4.03. The molecule has 2 amide bonds. The fourth-order valence-electron chi connectivity index (χ4n) is 2.79. The molecular weight excluding hydrogens is 392 g/mol. The van der Waals surface area contributed by atoms with Crippen molar-refractivity contribution in [3.8, 4) is 5.75 Å². The van der Waals surface area contributed by atoms with Gasteiger partial charge in [-0.15, -0.1) is 0 Å². The maximum Gasteiger partial charge on any atom is 0.335 e. The predicted octanol–water partition coefficient (Wildman–Crippen LogP) is 3.00. The summed E-state index contributed by atoms with van der Waals surface area (Å²) in [6.07, 6.45) is 1.35. The van der Waals surface area contributed by atoms with Gasteiger partial charge >= 0.3 is 5.97 Å². The average molecular weight is 410 g/mol. The smallest absolute Gasteiger partial charge is 0.335 e. The van der Waals surface area contributed by atoms with Crippen LogP contribution in [0.25, 0.3) is 6.08 Å². The zero-order valence-corrected chi connectivity index (χ0v) is 16.5. The standard InChI is InChI=1S/C21H18N2O5S/c1-12(2)28-17-9-4-3-6-13(17)11-16-18(24)22-21(29)23(19(16)25)15-8-5-7-14(10-15)20(26)27/h3-12H,1-2H3,(H,26,27)(H,22,24,29). The molecule has 0 radical (unpaired) electrons. The largest absolute Gasteiger partial charge is 0.490 e. The molecule has 8 heteroatoms. The number of nitrogens with zero attached hydrogens (tertiary/aromatic N) is 1. The molecule has 1 aliphatic rings. The van der Waals surface area contributed by atoms with Crippen LogP contribution in [0.5, 0.6) is 5.75 Å². The summed E-state index contributed by atoms with van der Waals surface area (Å²) in [6.45, 7) is 3.75. The van der Waals surface area contributed by atoms with Gasteiger partial charge in [-0.05, 0) is 56.4 Å². The molecule has 2 aromatic rings. The van der Waals surface area contributed by atoms with E-state index in [9.17, 15) is 19.5 Å². The highest BCUT2D eigenvalue weighted by molar-refractivity contribution is 7.80. The van der Waals surface area contributed by atoms with E-state index in [2.05, 4.69) is 5.32 Å². The number of para-hydroxylation sites is 1. The summed E-state index contributed by atoms with van der Waals surface area (Å²) in [5, 5.41) is 11.6. The minimum absolute atomic E-state index is 0.00351. The number of amides is 2. The van der Waals surface area contributed by atoms with Crippen LogP contribution in [0, 0.1) is 0 Å². The monoisotopic (exact) mass is 410 g/mol. The van der Waals surface area contributed by atoms with Crippen LogP contribution in [-0.2, 0) is 9.59 Å². The third kappa shape index (κ3) is 4.33. The summed E-state index contributed by atoms with van der Waals surface area (Å²) in [5.74, 6) is -1.89. The van der Waals surface area contributed by atoms with Crippen LogP contribution in [0.1, 0.15) is 29.8 Å². The van der Waals surface area contributed by atoms with Crippen molar-refractivity contribution in [2.75, 3.05) is 4.90 Å². The molecule has 0 aromatic heterocycles. The molecule has 1 heterocycles. The van der Waals surface area contributed by atoms with E-state index in [1.165, 1.54) is 24.3 Å². The van der Waals surface area contributed by atoms with E-state index in [1.54, 1.807) is 30.3 Å². The van der Waals surface area contributed by atoms with Gasteiger partial charge in [0.2, 0.25) is 0 Å². The first-order valence-electron chi connectivity index (χ1n) is 8.78. The second kappa shape index (κ2) is 8.24. The summed E-state index contributed by atoms with van der Waals surface area (Å²) in [4.78, 5) is 37.9.